The van der Waals surface area contributed by atoms with Gasteiger partial charge in [-0.25, -0.2) is 4.79 Å². The smallest absolute Gasteiger partial charge is 0.407 e. The first-order valence-corrected chi connectivity index (χ1v) is 8.63. The maximum Gasteiger partial charge on any atom is 0.407 e. The zero-order chi connectivity index (χ0) is 17.7. The number of ether oxygens (including phenoxy) is 1. The van der Waals surface area contributed by atoms with Crippen LogP contribution in [0.15, 0.2) is 0 Å². The van der Waals surface area contributed by atoms with Crippen molar-refractivity contribution in [1.29, 1.82) is 0 Å². The summed E-state index contributed by atoms with van der Waals surface area (Å²) in [6.45, 7) is 8.31. The number of aldehydes is 1. The van der Waals surface area contributed by atoms with E-state index in [0.29, 0.717) is 19.4 Å². The fraction of sp³-hybridized carbons (Fsp3) is 0.824. The van der Waals surface area contributed by atoms with Crippen LogP contribution in [-0.2, 0) is 14.3 Å². The van der Waals surface area contributed by atoms with E-state index >= 15 is 0 Å². The molecule has 0 bridgehead atoms. The molecule has 2 N–H and O–H groups in total. The number of hydrogen-bond donors (Lipinski definition) is 2. The van der Waals surface area contributed by atoms with Crippen LogP contribution in [-0.4, -0.2) is 37.0 Å². The quantitative estimate of drug-likeness (QED) is 0.426. The molecule has 2 amide bonds. The summed E-state index contributed by atoms with van der Waals surface area (Å²) in [6.07, 6.45) is 4.81. The first-order chi connectivity index (χ1) is 10.9. The molecule has 0 aliphatic heterocycles. The van der Waals surface area contributed by atoms with Gasteiger partial charge in [0.25, 0.3) is 0 Å². The molecule has 0 aliphatic rings. The second-order valence-electron chi connectivity index (χ2n) is 6.21. The third-order valence-corrected chi connectivity index (χ3v) is 3.41. The van der Waals surface area contributed by atoms with Crippen molar-refractivity contribution in [2.75, 3.05) is 6.61 Å². The summed E-state index contributed by atoms with van der Waals surface area (Å²) in [6, 6.07) is -1.19. The van der Waals surface area contributed by atoms with Crippen molar-refractivity contribution in [3.8, 4) is 0 Å². The maximum atomic E-state index is 12.3. The fourth-order valence-corrected chi connectivity index (χ4v) is 2.08. The van der Waals surface area contributed by atoms with Crippen LogP contribution in [0.1, 0.15) is 66.2 Å². The van der Waals surface area contributed by atoms with Gasteiger partial charge in [-0.1, -0.05) is 47.0 Å². The lowest BCUT2D eigenvalue weighted by Gasteiger charge is -2.22. The maximum absolute atomic E-state index is 12.3. The zero-order valence-corrected chi connectivity index (χ0v) is 14.9. The number of rotatable bonds is 12. The SMILES string of the molecule is CCCCOC(=O)N[C@@H](CC(C)C)C(=O)N[C@H](C=O)CCCC. The number of nitrogens with one attached hydrogen (secondary N) is 2. The Morgan fingerprint density at radius 3 is 2.26 bits per heavy atom. The highest BCUT2D eigenvalue weighted by molar-refractivity contribution is 5.87. The normalized spacial score (nSPS) is 13.3. The van der Waals surface area contributed by atoms with E-state index < -0.39 is 18.2 Å². The Morgan fingerprint density at radius 1 is 1.09 bits per heavy atom. The number of unbranched alkanes of at least 4 members (excludes halogenated alkanes) is 2. The Bertz CT molecular complexity index is 359. The van der Waals surface area contributed by atoms with E-state index in [2.05, 4.69) is 10.6 Å². The zero-order valence-electron chi connectivity index (χ0n) is 14.9. The summed E-state index contributed by atoms with van der Waals surface area (Å²) in [7, 11) is 0. The van der Waals surface area contributed by atoms with Crippen LogP contribution in [0, 0.1) is 5.92 Å². The van der Waals surface area contributed by atoms with Gasteiger partial charge >= 0.3 is 6.09 Å². The predicted molar refractivity (Wildman–Crippen MR) is 90.2 cm³/mol. The molecule has 0 rings (SSSR count). The molecule has 0 heterocycles. The minimum atomic E-state index is -0.687. The molecule has 6 nitrogen and oxygen atoms in total. The van der Waals surface area contributed by atoms with Gasteiger partial charge in [0.1, 0.15) is 12.3 Å². The second kappa shape index (κ2) is 12.9. The van der Waals surface area contributed by atoms with Crippen LogP contribution in [0.4, 0.5) is 4.79 Å². The van der Waals surface area contributed by atoms with Gasteiger partial charge in [-0.2, -0.15) is 0 Å². The first-order valence-electron chi connectivity index (χ1n) is 8.63. The van der Waals surface area contributed by atoms with E-state index in [9.17, 15) is 14.4 Å². The van der Waals surface area contributed by atoms with Gasteiger partial charge in [0.15, 0.2) is 0 Å². The molecule has 134 valence electrons. The van der Waals surface area contributed by atoms with Gasteiger partial charge in [-0.15, -0.1) is 0 Å². The van der Waals surface area contributed by atoms with Crippen molar-refractivity contribution >= 4 is 18.3 Å². The molecule has 0 fully saturated rings. The molecule has 0 radical (unpaired) electrons. The van der Waals surface area contributed by atoms with E-state index in [-0.39, 0.29) is 11.8 Å². The van der Waals surface area contributed by atoms with Crippen molar-refractivity contribution in [2.45, 2.75) is 78.3 Å². The lowest BCUT2D eigenvalue weighted by Crippen LogP contribution is -2.50. The van der Waals surface area contributed by atoms with E-state index in [1.165, 1.54) is 0 Å². The molecular weight excluding hydrogens is 296 g/mol. The van der Waals surface area contributed by atoms with Crippen LogP contribution in [0.25, 0.3) is 0 Å². The largest absolute Gasteiger partial charge is 0.450 e. The highest BCUT2D eigenvalue weighted by Crippen LogP contribution is 2.07. The van der Waals surface area contributed by atoms with Gasteiger partial charge in [0.2, 0.25) is 5.91 Å². The molecule has 0 saturated carbocycles. The van der Waals surface area contributed by atoms with Gasteiger partial charge in [0.05, 0.1) is 12.6 Å². The Hall–Kier alpha value is -1.59. The first kappa shape index (κ1) is 21.4. The monoisotopic (exact) mass is 328 g/mol. The summed E-state index contributed by atoms with van der Waals surface area (Å²) in [5.41, 5.74) is 0. The van der Waals surface area contributed by atoms with Crippen molar-refractivity contribution in [1.82, 2.24) is 10.6 Å². The molecule has 6 heteroatoms. The molecule has 0 saturated heterocycles. The van der Waals surface area contributed by atoms with Gasteiger partial charge in [0, 0.05) is 0 Å². The average molecular weight is 328 g/mol. The third-order valence-electron chi connectivity index (χ3n) is 3.41. The Morgan fingerprint density at radius 2 is 1.74 bits per heavy atom. The average Bonchev–Trinajstić information content (AvgIpc) is 2.50. The summed E-state index contributed by atoms with van der Waals surface area (Å²) in [5, 5.41) is 5.31. The molecular formula is C17H32N2O4. The minimum Gasteiger partial charge on any atom is -0.450 e. The molecule has 0 spiro atoms. The third kappa shape index (κ3) is 10.7. The van der Waals surface area contributed by atoms with Crippen LogP contribution in [0.5, 0.6) is 0 Å². The topological polar surface area (TPSA) is 84.5 Å². The second-order valence-corrected chi connectivity index (χ2v) is 6.21. The standard InChI is InChI=1S/C17H32N2O4/c1-5-7-9-14(12-20)18-16(21)15(11-13(3)4)19-17(22)23-10-8-6-2/h12-15H,5-11H2,1-4H3,(H,18,21)(H,19,22)/t14-,15-/m0/s1. The number of carbonyl (C=O) groups excluding carboxylic acids is 3. The summed E-state index contributed by atoms with van der Waals surface area (Å²) in [4.78, 5) is 35.2. The van der Waals surface area contributed by atoms with Crippen LogP contribution >= 0.6 is 0 Å². The Kier molecular flexibility index (Phi) is 12.0. The van der Waals surface area contributed by atoms with Crippen molar-refractivity contribution in [2.24, 2.45) is 5.92 Å². The van der Waals surface area contributed by atoms with E-state index in [1.807, 2.05) is 27.7 Å². The van der Waals surface area contributed by atoms with E-state index in [4.69, 9.17) is 4.74 Å². The fourth-order valence-electron chi connectivity index (χ4n) is 2.08. The Balaban J connectivity index is 4.58. The molecule has 0 aromatic heterocycles. The van der Waals surface area contributed by atoms with Crippen LogP contribution in [0.2, 0.25) is 0 Å². The molecule has 0 unspecified atom stereocenters. The molecule has 2 atom stereocenters. The number of alkyl carbamates (subject to hydrolysis) is 1. The van der Waals surface area contributed by atoms with Crippen molar-refractivity contribution < 1.29 is 19.1 Å². The van der Waals surface area contributed by atoms with Gasteiger partial charge in [-0.05, 0) is 25.2 Å². The molecule has 23 heavy (non-hydrogen) atoms. The van der Waals surface area contributed by atoms with E-state index in [0.717, 1.165) is 32.0 Å². The van der Waals surface area contributed by atoms with Gasteiger partial charge in [-0.3, -0.25) is 4.79 Å². The lowest BCUT2D eigenvalue weighted by molar-refractivity contribution is -0.126. The Labute approximate surface area is 139 Å². The highest BCUT2D eigenvalue weighted by atomic mass is 16.5. The number of carbonyl (C=O) groups is 3. The number of hydrogen-bond acceptors (Lipinski definition) is 4. The lowest BCUT2D eigenvalue weighted by atomic mass is 10.0. The van der Waals surface area contributed by atoms with Crippen molar-refractivity contribution in [3.05, 3.63) is 0 Å². The number of amides is 2. The molecule has 0 aromatic rings. The molecule has 0 aromatic carbocycles. The minimum absolute atomic E-state index is 0.229. The predicted octanol–water partition coefficient (Wildman–Crippen LogP) is 2.80. The van der Waals surface area contributed by atoms with E-state index in [1.54, 1.807) is 0 Å². The molecule has 0 aliphatic carbocycles. The summed E-state index contributed by atoms with van der Waals surface area (Å²) < 4.78 is 5.04. The summed E-state index contributed by atoms with van der Waals surface area (Å²) >= 11 is 0. The van der Waals surface area contributed by atoms with Crippen LogP contribution < -0.4 is 10.6 Å². The van der Waals surface area contributed by atoms with Crippen molar-refractivity contribution in [3.63, 3.8) is 0 Å². The van der Waals surface area contributed by atoms with Gasteiger partial charge < -0.3 is 20.2 Å². The highest BCUT2D eigenvalue weighted by Gasteiger charge is 2.24. The van der Waals surface area contributed by atoms with Crippen LogP contribution in [0.3, 0.4) is 0 Å². The summed E-state index contributed by atoms with van der Waals surface area (Å²) in [5.74, 6) is -0.105.